The summed E-state index contributed by atoms with van der Waals surface area (Å²) >= 11 is 0. The Kier molecular flexibility index (Phi) is 6.87. The molecule has 2 amide bonds. The Morgan fingerprint density at radius 1 is 1.21 bits per heavy atom. The lowest BCUT2D eigenvalue weighted by atomic mass is 9.99. The van der Waals surface area contributed by atoms with Crippen molar-refractivity contribution < 1.29 is 36.6 Å². The zero-order valence-corrected chi connectivity index (χ0v) is 19.3. The van der Waals surface area contributed by atoms with Crippen LogP contribution in [0.3, 0.4) is 0 Å². The van der Waals surface area contributed by atoms with Gasteiger partial charge in [0.1, 0.15) is 11.4 Å². The van der Waals surface area contributed by atoms with Crippen molar-refractivity contribution in [2.24, 2.45) is 0 Å². The van der Waals surface area contributed by atoms with Crippen LogP contribution in [0.5, 0.6) is 0 Å². The fraction of sp³-hybridized carbons (Fsp3) is 0.652. The Morgan fingerprint density at radius 2 is 1.88 bits per heavy atom. The second-order valence-electron chi connectivity index (χ2n) is 9.50. The van der Waals surface area contributed by atoms with Crippen LogP contribution >= 0.6 is 0 Å². The molecule has 184 valence electrons. The summed E-state index contributed by atoms with van der Waals surface area (Å²) in [5.41, 5.74) is -2.90. The molecule has 3 rings (SSSR count). The number of rotatable bonds is 5. The molecule has 0 radical (unpaired) electrons. The van der Waals surface area contributed by atoms with Crippen LogP contribution in [0, 0.1) is 5.82 Å². The van der Waals surface area contributed by atoms with E-state index in [-0.39, 0.29) is 24.8 Å². The SMILES string of the molecule is CCOC(=O)N(C[C@@H]1CCCN1C(=O)OC(C)(C)C)C1(c2ccc(F)c(C(F)(F)F)c2)CC1. The molecule has 1 atom stereocenters. The van der Waals surface area contributed by atoms with Gasteiger partial charge >= 0.3 is 18.4 Å². The molecule has 1 aromatic rings. The highest BCUT2D eigenvalue weighted by Gasteiger charge is 2.54. The highest BCUT2D eigenvalue weighted by atomic mass is 19.4. The molecule has 2 aliphatic rings. The highest BCUT2D eigenvalue weighted by molar-refractivity contribution is 5.71. The molecule has 1 aromatic carbocycles. The molecular weight excluding hydrogens is 444 g/mol. The molecule has 2 fully saturated rings. The number of nitrogens with zero attached hydrogens (tertiary/aromatic N) is 2. The second-order valence-corrected chi connectivity index (χ2v) is 9.50. The summed E-state index contributed by atoms with van der Waals surface area (Å²) in [5, 5.41) is 0. The second kappa shape index (κ2) is 9.02. The van der Waals surface area contributed by atoms with E-state index in [1.54, 1.807) is 32.6 Å². The zero-order valence-electron chi connectivity index (χ0n) is 19.3. The maximum absolute atomic E-state index is 13.9. The first-order chi connectivity index (χ1) is 15.3. The van der Waals surface area contributed by atoms with Gasteiger partial charge in [0, 0.05) is 13.1 Å². The lowest BCUT2D eigenvalue weighted by Crippen LogP contribution is -2.50. The normalized spacial score (nSPS) is 19.9. The van der Waals surface area contributed by atoms with Crippen LogP contribution in [-0.2, 0) is 21.2 Å². The minimum atomic E-state index is -4.86. The van der Waals surface area contributed by atoms with Gasteiger partial charge in [-0.25, -0.2) is 14.0 Å². The van der Waals surface area contributed by atoms with Crippen molar-refractivity contribution >= 4 is 12.2 Å². The fourth-order valence-electron chi connectivity index (χ4n) is 4.29. The van der Waals surface area contributed by atoms with Crippen LogP contribution in [0.15, 0.2) is 18.2 Å². The summed E-state index contributed by atoms with van der Waals surface area (Å²) in [4.78, 5) is 28.6. The van der Waals surface area contributed by atoms with Gasteiger partial charge in [-0.15, -0.1) is 0 Å². The molecule has 1 saturated carbocycles. The molecule has 10 heteroatoms. The average Bonchev–Trinajstić information content (AvgIpc) is 3.34. The van der Waals surface area contributed by atoms with Gasteiger partial charge in [-0.3, -0.25) is 4.90 Å². The third-order valence-corrected chi connectivity index (χ3v) is 5.94. The number of halogens is 4. The molecule has 33 heavy (non-hydrogen) atoms. The topological polar surface area (TPSA) is 59.1 Å². The van der Waals surface area contributed by atoms with E-state index in [9.17, 15) is 27.2 Å². The predicted molar refractivity (Wildman–Crippen MR) is 112 cm³/mol. The Balaban J connectivity index is 1.91. The summed E-state index contributed by atoms with van der Waals surface area (Å²) < 4.78 is 64.5. The van der Waals surface area contributed by atoms with E-state index < -0.39 is 40.9 Å². The summed E-state index contributed by atoms with van der Waals surface area (Å²) in [7, 11) is 0. The maximum atomic E-state index is 13.9. The number of amides is 2. The van der Waals surface area contributed by atoms with Crippen LogP contribution < -0.4 is 0 Å². The summed E-state index contributed by atoms with van der Waals surface area (Å²) in [6.07, 6.45) is -3.89. The molecule has 6 nitrogen and oxygen atoms in total. The predicted octanol–water partition coefficient (Wildman–Crippen LogP) is 5.69. The van der Waals surface area contributed by atoms with Gasteiger partial charge in [0.2, 0.25) is 0 Å². The van der Waals surface area contributed by atoms with E-state index in [1.165, 1.54) is 11.0 Å². The standard InChI is InChI=1S/C23H30F4N2O4/c1-5-32-20(31)29(14-16-7-6-12-28(16)19(30)33-21(2,3)4)22(10-11-22)15-8-9-18(24)17(13-15)23(25,26)27/h8-9,13,16H,5-7,10-12,14H2,1-4H3/t16-/m0/s1. The van der Waals surface area contributed by atoms with Crippen LogP contribution in [0.2, 0.25) is 0 Å². The molecule has 0 spiro atoms. The lowest BCUT2D eigenvalue weighted by molar-refractivity contribution is -0.140. The molecular formula is C23H30F4N2O4. The number of benzene rings is 1. The van der Waals surface area contributed by atoms with Crippen molar-refractivity contribution in [3.8, 4) is 0 Å². The number of carbonyl (C=O) groups is 2. The molecule has 1 saturated heterocycles. The fourth-order valence-corrected chi connectivity index (χ4v) is 4.29. The van der Waals surface area contributed by atoms with Crippen molar-refractivity contribution in [1.82, 2.24) is 9.80 Å². The quantitative estimate of drug-likeness (QED) is 0.515. The minimum Gasteiger partial charge on any atom is -0.450 e. The smallest absolute Gasteiger partial charge is 0.419 e. The Morgan fingerprint density at radius 3 is 2.42 bits per heavy atom. The van der Waals surface area contributed by atoms with Crippen LogP contribution in [0.4, 0.5) is 27.2 Å². The van der Waals surface area contributed by atoms with Crippen molar-refractivity contribution in [2.45, 2.75) is 76.7 Å². The van der Waals surface area contributed by atoms with Crippen molar-refractivity contribution in [3.05, 3.63) is 35.1 Å². The number of carbonyl (C=O) groups excluding carboxylic acids is 2. The first-order valence-electron chi connectivity index (χ1n) is 11.1. The average molecular weight is 474 g/mol. The van der Waals surface area contributed by atoms with Crippen LogP contribution in [-0.4, -0.2) is 53.3 Å². The number of hydrogen-bond acceptors (Lipinski definition) is 4. The van der Waals surface area contributed by atoms with E-state index in [2.05, 4.69) is 0 Å². The lowest BCUT2D eigenvalue weighted by Gasteiger charge is -2.36. The van der Waals surface area contributed by atoms with E-state index >= 15 is 0 Å². The van der Waals surface area contributed by atoms with E-state index in [0.29, 0.717) is 32.2 Å². The first kappa shape index (κ1) is 25.1. The van der Waals surface area contributed by atoms with Gasteiger partial charge in [-0.05, 0) is 71.1 Å². The Bertz CT molecular complexity index is 893. The highest BCUT2D eigenvalue weighted by Crippen LogP contribution is 2.52. The Labute approximate surface area is 190 Å². The number of alkyl halides is 3. The molecule has 0 N–H and O–H groups in total. The van der Waals surface area contributed by atoms with Gasteiger partial charge in [-0.2, -0.15) is 13.2 Å². The van der Waals surface area contributed by atoms with Gasteiger partial charge < -0.3 is 14.4 Å². The van der Waals surface area contributed by atoms with Gasteiger partial charge in [-0.1, -0.05) is 6.07 Å². The van der Waals surface area contributed by atoms with Crippen molar-refractivity contribution in [2.75, 3.05) is 19.7 Å². The van der Waals surface area contributed by atoms with E-state index in [0.717, 1.165) is 12.1 Å². The molecule has 1 aliphatic heterocycles. The Hall–Kier alpha value is -2.52. The third-order valence-electron chi connectivity index (χ3n) is 5.94. The molecule has 0 aromatic heterocycles. The van der Waals surface area contributed by atoms with E-state index in [1.807, 2.05) is 0 Å². The van der Waals surface area contributed by atoms with Gasteiger partial charge in [0.25, 0.3) is 0 Å². The van der Waals surface area contributed by atoms with Crippen molar-refractivity contribution in [1.29, 1.82) is 0 Å². The molecule has 0 unspecified atom stereocenters. The summed E-state index contributed by atoms with van der Waals surface area (Å²) in [6, 6.07) is 2.47. The number of hydrogen-bond donors (Lipinski definition) is 0. The summed E-state index contributed by atoms with van der Waals surface area (Å²) in [5.74, 6) is -1.36. The monoisotopic (exact) mass is 474 g/mol. The van der Waals surface area contributed by atoms with Crippen LogP contribution in [0.25, 0.3) is 0 Å². The van der Waals surface area contributed by atoms with Crippen molar-refractivity contribution in [3.63, 3.8) is 0 Å². The largest absolute Gasteiger partial charge is 0.450 e. The van der Waals surface area contributed by atoms with E-state index in [4.69, 9.17) is 9.47 Å². The summed E-state index contributed by atoms with van der Waals surface area (Å²) in [6.45, 7) is 7.53. The third kappa shape index (κ3) is 5.52. The zero-order chi connectivity index (χ0) is 24.6. The molecule has 0 bridgehead atoms. The van der Waals surface area contributed by atoms with Crippen LogP contribution in [0.1, 0.15) is 64.5 Å². The maximum Gasteiger partial charge on any atom is 0.419 e. The number of likely N-dealkylation sites (tertiary alicyclic amines) is 1. The number of ether oxygens (including phenoxy) is 2. The van der Waals surface area contributed by atoms with Gasteiger partial charge in [0.15, 0.2) is 0 Å². The van der Waals surface area contributed by atoms with Gasteiger partial charge in [0.05, 0.1) is 23.8 Å². The molecule has 1 aliphatic carbocycles. The first-order valence-corrected chi connectivity index (χ1v) is 11.1. The minimum absolute atomic E-state index is 0.0802. The molecule has 1 heterocycles.